The number of hydrogen-bond donors (Lipinski definition) is 0. The first-order valence-electron chi connectivity index (χ1n) is 8.95. The molecule has 0 aromatic carbocycles. The van der Waals surface area contributed by atoms with Crippen LogP contribution in [0.1, 0.15) is 57.1 Å². The van der Waals surface area contributed by atoms with Crippen LogP contribution in [-0.2, 0) is 4.79 Å². The van der Waals surface area contributed by atoms with Crippen molar-refractivity contribution in [3.8, 4) is 5.88 Å². The number of hydrogen-bond acceptors (Lipinski definition) is 4. The highest BCUT2D eigenvalue weighted by Gasteiger charge is 2.28. The summed E-state index contributed by atoms with van der Waals surface area (Å²) in [5.74, 6) is 1.61. The fourth-order valence-corrected chi connectivity index (χ4v) is 3.63. The number of aromatic nitrogens is 2. The fourth-order valence-electron chi connectivity index (χ4n) is 3.63. The van der Waals surface area contributed by atoms with Gasteiger partial charge in [-0.2, -0.15) is 5.10 Å². The van der Waals surface area contributed by atoms with Crippen molar-refractivity contribution in [2.24, 2.45) is 5.92 Å². The molecule has 1 aliphatic heterocycles. The number of amides is 1. The molecule has 1 saturated heterocycles. The second-order valence-corrected chi connectivity index (χ2v) is 6.92. The van der Waals surface area contributed by atoms with E-state index in [0.717, 1.165) is 31.0 Å². The van der Waals surface area contributed by atoms with Gasteiger partial charge in [-0.15, -0.1) is 5.10 Å². The molecule has 1 saturated carbocycles. The number of aryl methyl sites for hydroxylation is 1. The molecule has 2 heterocycles. The van der Waals surface area contributed by atoms with Crippen molar-refractivity contribution < 1.29 is 9.53 Å². The highest BCUT2D eigenvalue weighted by atomic mass is 16.5. The molecular formula is C18H27N3O2. The highest BCUT2D eigenvalue weighted by molar-refractivity contribution is 5.76. The summed E-state index contributed by atoms with van der Waals surface area (Å²) in [5.41, 5.74) is 0.878. The van der Waals surface area contributed by atoms with Crippen molar-refractivity contribution in [2.75, 3.05) is 13.1 Å². The standard InChI is InChI=1S/C18H27N3O2/c1-14-7-9-17(20-19-14)23-16-11-12-21(13-16)18(22)10-8-15-5-3-2-4-6-15/h7,9,15-16H,2-6,8,10-13H2,1H3. The van der Waals surface area contributed by atoms with Crippen LogP contribution in [0.3, 0.4) is 0 Å². The Hall–Kier alpha value is -1.65. The Morgan fingerprint density at radius 3 is 2.78 bits per heavy atom. The Balaban J connectivity index is 1.41. The molecule has 5 nitrogen and oxygen atoms in total. The fraction of sp³-hybridized carbons (Fsp3) is 0.722. The molecule has 5 heteroatoms. The molecule has 2 aliphatic rings. The zero-order valence-corrected chi connectivity index (χ0v) is 14.0. The van der Waals surface area contributed by atoms with Crippen molar-refractivity contribution in [3.63, 3.8) is 0 Å². The number of ether oxygens (including phenoxy) is 1. The van der Waals surface area contributed by atoms with Crippen LogP contribution < -0.4 is 4.74 Å². The Morgan fingerprint density at radius 1 is 1.22 bits per heavy atom. The van der Waals surface area contributed by atoms with Gasteiger partial charge in [0, 0.05) is 25.5 Å². The molecule has 126 valence electrons. The maximum atomic E-state index is 12.4. The number of rotatable bonds is 5. The molecular weight excluding hydrogens is 290 g/mol. The van der Waals surface area contributed by atoms with Gasteiger partial charge < -0.3 is 9.64 Å². The lowest BCUT2D eigenvalue weighted by molar-refractivity contribution is -0.130. The van der Waals surface area contributed by atoms with Gasteiger partial charge in [-0.3, -0.25) is 4.79 Å². The lowest BCUT2D eigenvalue weighted by Gasteiger charge is -2.22. The summed E-state index contributed by atoms with van der Waals surface area (Å²) < 4.78 is 5.84. The summed E-state index contributed by atoms with van der Waals surface area (Å²) in [6, 6.07) is 3.74. The molecule has 0 N–H and O–H groups in total. The molecule has 1 atom stereocenters. The van der Waals surface area contributed by atoms with E-state index in [4.69, 9.17) is 4.74 Å². The molecule has 0 radical (unpaired) electrons. The number of carbonyl (C=O) groups is 1. The van der Waals surface area contributed by atoms with E-state index in [2.05, 4.69) is 10.2 Å². The molecule has 0 bridgehead atoms. The molecule has 2 fully saturated rings. The van der Waals surface area contributed by atoms with Crippen molar-refractivity contribution in [3.05, 3.63) is 17.8 Å². The van der Waals surface area contributed by atoms with E-state index >= 15 is 0 Å². The van der Waals surface area contributed by atoms with Gasteiger partial charge in [0.05, 0.1) is 12.2 Å². The topological polar surface area (TPSA) is 55.3 Å². The Kier molecular flexibility index (Phi) is 5.47. The monoisotopic (exact) mass is 317 g/mol. The third kappa shape index (κ3) is 4.66. The van der Waals surface area contributed by atoms with Crippen LogP contribution in [0.15, 0.2) is 12.1 Å². The summed E-state index contributed by atoms with van der Waals surface area (Å²) in [6.45, 7) is 3.38. The third-order valence-electron chi connectivity index (χ3n) is 5.05. The number of nitrogens with zero attached hydrogens (tertiary/aromatic N) is 3. The summed E-state index contributed by atoms with van der Waals surface area (Å²) in [7, 11) is 0. The summed E-state index contributed by atoms with van der Waals surface area (Å²) in [4.78, 5) is 14.3. The first-order valence-corrected chi connectivity index (χ1v) is 8.95. The average Bonchev–Trinajstić information content (AvgIpc) is 3.04. The molecule has 1 aromatic heterocycles. The SMILES string of the molecule is Cc1ccc(OC2CCN(C(=O)CCC3CCCCC3)C2)nn1. The van der Waals surface area contributed by atoms with E-state index in [-0.39, 0.29) is 12.0 Å². The smallest absolute Gasteiger partial charge is 0.233 e. The van der Waals surface area contributed by atoms with Crippen molar-refractivity contribution in [1.82, 2.24) is 15.1 Å². The Labute approximate surface area is 138 Å². The van der Waals surface area contributed by atoms with Gasteiger partial charge in [0.1, 0.15) is 6.10 Å². The normalized spacial score (nSPS) is 22.3. The van der Waals surface area contributed by atoms with Gasteiger partial charge in [0.25, 0.3) is 0 Å². The summed E-state index contributed by atoms with van der Waals surface area (Å²) >= 11 is 0. The van der Waals surface area contributed by atoms with E-state index in [1.165, 1.54) is 32.1 Å². The van der Waals surface area contributed by atoms with E-state index in [0.29, 0.717) is 18.8 Å². The predicted octanol–water partition coefficient (Wildman–Crippen LogP) is 3.13. The maximum Gasteiger partial charge on any atom is 0.233 e. The van der Waals surface area contributed by atoms with Crippen LogP contribution in [0.25, 0.3) is 0 Å². The lowest BCUT2D eigenvalue weighted by Crippen LogP contribution is -2.31. The van der Waals surface area contributed by atoms with Gasteiger partial charge in [0.15, 0.2) is 0 Å². The van der Waals surface area contributed by atoms with E-state index in [1.54, 1.807) is 0 Å². The molecule has 1 aliphatic carbocycles. The van der Waals surface area contributed by atoms with Crippen molar-refractivity contribution in [2.45, 2.75) is 64.4 Å². The first-order chi connectivity index (χ1) is 11.2. The minimum absolute atomic E-state index is 0.0469. The van der Waals surface area contributed by atoms with Crippen molar-refractivity contribution in [1.29, 1.82) is 0 Å². The molecule has 3 rings (SSSR count). The third-order valence-corrected chi connectivity index (χ3v) is 5.05. The molecule has 1 aromatic rings. The maximum absolute atomic E-state index is 12.4. The quantitative estimate of drug-likeness (QED) is 0.837. The van der Waals surface area contributed by atoms with Crippen molar-refractivity contribution >= 4 is 5.91 Å². The van der Waals surface area contributed by atoms with Gasteiger partial charge in [-0.25, -0.2) is 0 Å². The Morgan fingerprint density at radius 2 is 2.04 bits per heavy atom. The zero-order chi connectivity index (χ0) is 16.1. The zero-order valence-electron chi connectivity index (χ0n) is 14.0. The van der Waals surface area contributed by atoms with Crippen LogP contribution in [0.5, 0.6) is 5.88 Å². The van der Waals surface area contributed by atoms with Crippen LogP contribution in [-0.4, -0.2) is 40.2 Å². The average molecular weight is 317 g/mol. The van der Waals surface area contributed by atoms with E-state index < -0.39 is 0 Å². The molecule has 23 heavy (non-hydrogen) atoms. The van der Waals surface area contributed by atoms with Crippen LogP contribution in [0, 0.1) is 12.8 Å². The summed E-state index contributed by atoms with van der Waals surface area (Å²) in [5, 5.41) is 8.03. The largest absolute Gasteiger partial charge is 0.471 e. The molecule has 0 spiro atoms. The van der Waals surface area contributed by atoms with Gasteiger partial charge in [-0.05, 0) is 25.3 Å². The second kappa shape index (κ2) is 7.75. The van der Waals surface area contributed by atoms with Crippen LogP contribution in [0.4, 0.5) is 0 Å². The molecule has 1 amide bonds. The van der Waals surface area contributed by atoms with Gasteiger partial charge in [-0.1, -0.05) is 32.1 Å². The number of carbonyl (C=O) groups excluding carboxylic acids is 1. The lowest BCUT2D eigenvalue weighted by atomic mass is 9.86. The minimum atomic E-state index is 0.0469. The van der Waals surface area contributed by atoms with Crippen LogP contribution in [0.2, 0.25) is 0 Å². The van der Waals surface area contributed by atoms with E-state index in [9.17, 15) is 4.79 Å². The van der Waals surface area contributed by atoms with Crippen LogP contribution >= 0.6 is 0 Å². The van der Waals surface area contributed by atoms with E-state index in [1.807, 2.05) is 24.0 Å². The van der Waals surface area contributed by atoms with Gasteiger partial charge >= 0.3 is 0 Å². The minimum Gasteiger partial charge on any atom is -0.471 e. The number of likely N-dealkylation sites (tertiary alicyclic amines) is 1. The highest BCUT2D eigenvalue weighted by Crippen LogP contribution is 2.28. The summed E-state index contributed by atoms with van der Waals surface area (Å²) in [6.07, 6.45) is 9.36. The molecule has 1 unspecified atom stereocenters. The Bertz CT molecular complexity index is 512. The van der Waals surface area contributed by atoms with Gasteiger partial charge in [0.2, 0.25) is 11.8 Å². The predicted molar refractivity (Wildman–Crippen MR) is 88.2 cm³/mol. The first kappa shape index (κ1) is 16.2. The second-order valence-electron chi connectivity index (χ2n) is 6.92.